The zero-order valence-electron chi connectivity index (χ0n) is 12.3. The lowest BCUT2D eigenvalue weighted by atomic mass is 10.1. The number of aromatic nitrogens is 1. The monoisotopic (exact) mass is 277 g/mol. The van der Waals surface area contributed by atoms with Crippen molar-refractivity contribution in [2.75, 3.05) is 13.6 Å². The Morgan fingerprint density at radius 1 is 1.30 bits per heavy atom. The van der Waals surface area contributed by atoms with Gasteiger partial charge in [0.1, 0.15) is 0 Å². The number of rotatable bonds is 8. The highest BCUT2D eigenvalue weighted by atomic mass is 16.2. The van der Waals surface area contributed by atoms with E-state index < -0.39 is 0 Å². The van der Waals surface area contributed by atoms with Crippen molar-refractivity contribution in [3.8, 4) is 0 Å². The van der Waals surface area contributed by atoms with Crippen molar-refractivity contribution < 1.29 is 9.59 Å². The van der Waals surface area contributed by atoms with Gasteiger partial charge < -0.3 is 10.2 Å². The number of hydrogen-bond donors (Lipinski definition) is 1. The van der Waals surface area contributed by atoms with Crippen LogP contribution in [0.5, 0.6) is 0 Å². The Balaban J connectivity index is 2.14. The van der Waals surface area contributed by atoms with E-state index in [9.17, 15) is 9.59 Å². The maximum absolute atomic E-state index is 11.9. The predicted octanol–water partition coefficient (Wildman–Crippen LogP) is 1.74. The van der Waals surface area contributed by atoms with Gasteiger partial charge in [-0.3, -0.25) is 14.6 Å². The third-order valence-corrected chi connectivity index (χ3v) is 3.01. The summed E-state index contributed by atoms with van der Waals surface area (Å²) in [5.41, 5.74) is 1.04. The van der Waals surface area contributed by atoms with E-state index in [2.05, 4.69) is 10.3 Å². The van der Waals surface area contributed by atoms with Crippen molar-refractivity contribution >= 4 is 11.8 Å². The first kappa shape index (κ1) is 16.1. The third-order valence-electron chi connectivity index (χ3n) is 3.01. The maximum atomic E-state index is 11.9. The van der Waals surface area contributed by atoms with E-state index in [0.717, 1.165) is 24.8 Å². The standard InChI is InChI=1S/C15H23N3O2/c1-13(19)17-10-5-3-4-8-15(20)18(2)12-14-7-6-9-16-11-14/h6-7,9,11H,3-5,8,10,12H2,1-2H3,(H,17,19). The van der Waals surface area contributed by atoms with Gasteiger partial charge in [0.25, 0.3) is 0 Å². The Labute approximate surface area is 120 Å². The summed E-state index contributed by atoms with van der Waals surface area (Å²) in [7, 11) is 1.81. The van der Waals surface area contributed by atoms with Crippen LogP contribution >= 0.6 is 0 Å². The molecule has 2 amide bonds. The fourth-order valence-electron chi connectivity index (χ4n) is 1.89. The summed E-state index contributed by atoms with van der Waals surface area (Å²) in [6.45, 7) is 2.80. The van der Waals surface area contributed by atoms with Crippen LogP contribution < -0.4 is 5.32 Å². The molecule has 1 rings (SSSR count). The lowest BCUT2D eigenvalue weighted by molar-refractivity contribution is -0.130. The lowest BCUT2D eigenvalue weighted by Crippen LogP contribution is -2.26. The van der Waals surface area contributed by atoms with Gasteiger partial charge >= 0.3 is 0 Å². The van der Waals surface area contributed by atoms with Gasteiger partial charge in [-0.05, 0) is 24.5 Å². The summed E-state index contributed by atoms with van der Waals surface area (Å²) in [5, 5.41) is 2.75. The van der Waals surface area contributed by atoms with Crippen molar-refractivity contribution in [3.63, 3.8) is 0 Å². The average molecular weight is 277 g/mol. The molecule has 1 heterocycles. The Kier molecular flexibility index (Phi) is 7.32. The first-order valence-electron chi connectivity index (χ1n) is 6.97. The summed E-state index contributed by atoms with van der Waals surface area (Å²) < 4.78 is 0. The normalized spacial score (nSPS) is 10.1. The van der Waals surface area contributed by atoms with Crippen molar-refractivity contribution in [2.45, 2.75) is 39.2 Å². The predicted molar refractivity (Wildman–Crippen MR) is 77.9 cm³/mol. The first-order valence-corrected chi connectivity index (χ1v) is 6.97. The molecule has 20 heavy (non-hydrogen) atoms. The highest BCUT2D eigenvalue weighted by Gasteiger charge is 2.08. The molecule has 5 heteroatoms. The molecule has 1 N–H and O–H groups in total. The summed E-state index contributed by atoms with van der Waals surface area (Å²) in [6, 6.07) is 3.83. The molecule has 0 spiro atoms. The molecule has 1 aromatic rings. The second-order valence-electron chi connectivity index (χ2n) is 4.90. The van der Waals surface area contributed by atoms with Gasteiger partial charge in [0, 0.05) is 45.9 Å². The van der Waals surface area contributed by atoms with Gasteiger partial charge in [0.2, 0.25) is 11.8 Å². The molecule has 0 saturated carbocycles. The fraction of sp³-hybridized carbons (Fsp3) is 0.533. The van der Waals surface area contributed by atoms with Gasteiger partial charge in [0.05, 0.1) is 0 Å². The number of hydrogen-bond acceptors (Lipinski definition) is 3. The van der Waals surface area contributed by atoms with E-state index >= 15 is 0 Å². The minimum absolute atomic E-state index is 0.00252. The van der Waals surface area contributed by atoms with Gasteiger partial charge in [-0.25, -0.2) is 0 Å². The topological polar surface area (TPSA) is 62.3 Å². The van der Waals surface area contributed by atoms with E-state index in [0.29, 0.717) is 19.5 Å². The number of pyridine rings is 1. The second kappa shape index (κ2) is 9.07. The maximum Gasteiger partial charge on any atom is 0.222 e. The summed E-state index contributed by atoms with van der Waals surface area (Å²) in [4.78, 5) is 28.4. The number of nitrogens with zero attached hydrogens (tertiary/aromatic N) is 2. The quantitative estimate of drug-likeness (QED) is 0.736. The number of carbonyl (C=O) groups excluding carboxylic acids is 2. The Morgan fingerprint density at radius 2 is 2.10 bits per heavy atom. The van der Waals surface area contributed by atoms with Gasteiger partial charge in [0.15, 0.2) is 0 Å². The van der Waals surface area contributed by atoms with Crippen molar-refractivity contribution in [3.05, 3.63) is 30.1 Å². The molecule has 0 unspecified atom stereocenters. The highest BCUT2D eigenvalue weighted by molar-refractivity contribution is 5.75. The minimum atomic E-state index is -0.00252. The third kappa shape index (κ3) is 6.87. The van der Waals surface area contributed by atoms with E-state index in [-0.39, 0.29) is 11.8 Å². The molecule has 0 aliphatic heterocycles. The van der Waals surface area contributed by atoms with E-state index in [1.807, 2.05) is 19.2 Å². The number of unbranched alkanes of at least 4 members (excludes halogenated alkanes) is 2. The molecule has 5 nitrogen and oxygen atoms in total. The number of carbonyl (C=O) groups is 2. The van der Waals surface area contributed by atoms with Crippen LogP contribution in [0.3, 0.4) is 0 Å². The zero-order valence-corrected chi connectivity index (χ0v) is 12.3. The Bertz CT molecular complexity index is 420. The van der Waals surface area contributed by atoms with Gasteiger partial charge in [-0.1, -0.05) is 12.5 Å². The summed E-state index contributed by atoms with van der Waals surface area (Å²) in [6.07, 6.45) is 6.77. The van der Waals surface area contributed by atoms with Crippen molar-refractivity contribution in [2.24, 2.45) is 0 Å². The molecule has 0 radical (unpaired) electrons. The molecule has 0 bridgehead atoms. The molecule has 0 aliphatic carbocycles. The van der Waals surface area contributed by atoms with Gasteiger partial charge in [-0.15, -0.1) is 0 Å². The molecule has 0 aliphatic rings. The minimum Gasteiger partial charge on any atom is -0.356 e. The molecule has 0 fully saturated rings. The molecule has 0 saturated heterocycles. The molecular weight excluding hydrogens is 254 g/mol. The van der Waals surface area contributed by atoms with E-state index in [1.165, 1.54) is 6.92 Å². The molecule has 1 aromatic heterocycles. The number of nitrogens with one attached hydrogen (secondary N) is 1. The SMILES string of the molecule is CC(=O)NCCCCCC(=O)N(C)Cc1cccnc1. The fourth-order valence-corrected chi connectivity index (χ4v) is 1.89. The number of amides is 2. The van der Waals surface area contributed by atoms with Crippen LogP contribution in [0.15, 0.2) is 24.5 Å². The van der Waals surface area contributed by atoms with Gasteiger partial charge in [-0.2, -0.15) is 0 Å². The highest BCUT2D eigenvalue weighted by Crippen LogP contribution is 2.06. The molecule has 110 valence electrons. The van der Waals surface area contributed by atoms with Crippen molar-refractivity contribution in [1.29, 1.82) is 0 Å². The molecule has 0 aromatic carbocycles. The summed E-state index contributed by atoms with van der Waals surface area (Å²) >= 11 is 0. The van der Waals surface area contributed by atoms with Crippen LogP contribution in [0.2, 0.25) is 0 Å². The first-order chi connectivity index (χ1) is 9.59. The smallest absolute Gasteiger partial charge is 0.222 e. The van der Waals surface area contributed by atoms with Crippen LogP contribution in [0.25, 0.3) is 0 Å². The summed E-state index contributed by atoms with van der Waals surface area (Å²) in [5.74, 6) is 0.144. The zero-order chi connectivity index (χ0) is 14.8. The molecule has 0 atom stereocenters. The van der Waals surface area contributed by atoms with Crippen LogP contribution in [-0.4, -0.2) is 35.3 Å². The molecular formula is C15H23N3O2. The average Bonchev–Trinajstić information content (AvgIpc) is 2.43. The Morgan fingerprint density at radius 3 is 2.75 bits per heavy atom. The van der Waals surface area contributed by atoms with Crippen LogP contribution in [0.4, 0.5) is 0 Å². The van der Waals surface area contributed by atoms with E-state index in [1.54, 1.807) is 17.3 Å². The van der Waals surface area contributed by atoms with Crippen LogP contribution in [0.1, 0.15) is 38.2 Å². The Hall–Kier alpha value is -1.91. The van der Waals surface area contributed by atoms with Crippen molar-refractivity contribution in [1.82, 2.24) is 15.2 Å². The second-order valence-corrected chi connectivity index (χ2v) is 4.90. The van der Waals surface area contributed by atoms with E-state index in [4.69, 9.17) is 0 Å². The van der Waals surface area contributed by atoms with Crippen LogP contribution in [-0.2, 0) is 16.1 Å². The lowest BCUT2D eigenvalue weighted by Gasteiger charge is -2.17. The van der Waals surface area contributed by atoms with Crippen LogP contribution in [0, 0.1) is 0 Å². The largest absolute Gasteiger partial charge is 0.356 e.